The van der Waals surface area contributed by atoms with Crippen LogP contribution in [0.2, 0.25) is 5.02 Å². The van der Waals surface area contributed by atoms with Crippen LogP contribution in [0.25, 0.3) is 0 Å². The maximum atomic E-state index is 11.9. The molecule has 0 aliphatic carbocycles. The van der Waals surface area contributed by atoms with E-state index in [1.165, 1.54) is 7.11 Å². The highest BCUT2D eigenvalue weighted by Crippen LogP contribution is 2.18. The first-order valence-electron chi connectivity index (χ1n) is 6.41. The third-order valence-electron chi connectivity index (χ3n) is 2.93. The molecule has 2 aromatic rings. The molecule has 2 rings (SSSR count). The molecule has 0 saturated carbocycles. The van der Waals surface area contributed by atoms with Gasteiger partial charge in [-0.3, -0.25) is 10.1 Å². The number of ether oxygens (including phenoxy) is 1. The van der Waals surface area contributed by atoms with Crippen molar-refractivity contribution in [3.05, 3.63) is 47.2 Å². The van der Waals surface area contributed by atoms with E-state index in [2.05, 4.69) is 10.3 Å². The normalized spacial score (nSPS) is 11.6. The molecule has 1 atom stereocenters. The van der Waals surface area contributed by atoms with Gasteiger partial charge in [-0.25, -0.2) is 4.98 Å². The fourth-order valence-corrected chi connectivity index (χ4v) is 2.02. The van der Waals surface area contributed by atoms with Crippen molar-refractivity contribution >= 4 is 35.9 Å². The van der Waals surface area contributed by atoms with Crippen LogP contribution in [-0.2, 0) is 16.1 Å². The van der Waals surface area contributed by atoms with Crippen molar-refractivity contribution in [2.45, 2.75) is 12.6 Å². The Hall–Kier alpha value is -1.60. The van der Waals surface area contributed by atoms with E-state index in [9.17, 15) is 4.79 Å². The van der Waals surface area contributed by atoms with Gasteiger partial charge in [0.05, 0.1) is 13.2 Å². The van der Waals surface area contributed by atoms with Gasteiger partial charge in [0.2, 0.25) is 11.9 Å². The summed E-state index contributed by atoms with van der Waals surface area (Å²) in [5.41, 5.74) is 6.61. The molecule has 1 aromatic heterocycles. The number of halogens is 2. The molecule has 0 saturated heterocycles. The van der Waals surface area contributed by atoms with Crippen LogP contribution in [0.4, 0.5) is 5.95 Å². The van der Waals surface area contributed by atoms with Gasteiger partial charge < -0.3 is 15.0 Å². The van der Waals surface area contributed by atoms with E-state index in [0.29, 0.717) is 17.5 Å². The topological polar surface area (TPSA) is 82.2 Å². The number of hydrogen-bond donors (Lipinski definition) is 2. The molecule has 0 radical (unpaired) electrons. The first kappa shape index (κ1) is 18.4. The summed E-state index contributed by atoms with van der Waals surface area (Å²) in [6, 6.07) is 6.78. The summed E-state index contributed by atoms with van der Waals surface area (Å²) in [6.07, 6.45) is 3.37. The molecule has 1 amide bonds. The SMILES string of the molecule is COCC(N)C(=O)Nc1nccn1Cc1ccccc1Cl.Cl. The number of anilines is 1. The summed E-state index contributed by atoms with van der Waals surface area (Å²) in [5.74, 6) is 0.0786. The fraction of sp³-hybridized carbons (Fsp3) is 0.286. The van der Waals surface area contributed by atoms with E-state index >= 15 is 0 Å². The Morgan fingerprint density at radius 2 is 2.23 bits per heavy atom. The molecule has 3 N–H and O–H groups in total. The van der Waals surface area contributed by atoms with Gasteiger partial charge in [0.25, 0.3) is 0 Å². The highest BCUT2D eigenvalue weighted by Gasteiger charge is 2.15. The molecule has 0 aliphatic heterocycles. The standard InChI is InChI=1S/C14H17ClN4O2.ClH/c1-21-9-12(16)13(20)18-14-17-6-7-19(14)8-10-4-2-3-5-11(10)15;/h2-7,12H,8-9,16H2,1H3,(H,17,18,20);1H. The smallest absolute Gasteiger partial charge is 0.245 e. The van der Waals surface area contributed by atoms with Gasteiger partial charge in [-0.05, 0) is 11.6 Å². The minimum Gasteiger partial charge on any atom is -0.383 e. The molecule has 120 valence electrons. The van der Waals surface area contributed by atoms with E-state index in [1.54, 1.807) is 17.0 Å². The molecule has 0 spiro atoms. The van der Waals surface area contributed by atoms with Crippen LogP contribution in [-0.4, -0.2) is 35.2 Å². The van der Waals surface area contributed by atoms with Crippen molar-refractivity contribution < 1.29 is 9.53 Å². The third-order valence-corrected chi connectivity index (χ3v) is 3.30. The zero-order valence-electron chi connectivity index (χ0n) is 12.0. The number of nitrogens with one attached hydrogen (secondary N) is 1. The number of amides is 1. The number of rotatable bonds is 6. The molecule has 1 aromatic carbocycles. The van der Waals surface area contributed by atoms with Gasteiger partial charge in [0.1, 0.15) is 6.04 Å². The molecule has 22 heavy (non-hydrogen) atoms. The summed E-state index contributed by atoms with van der Waals surface area (Å²) in [6.45, 7) is 0.659. The van der Waals surface area contributed by atoms with Gasteiger partial charge in [-0.2, -0.15) is 0 Å². The molecule has 1 unspecified atom stereocenters. The van der Waals surface area contributed by atoms with E-state index in [0.717, 1.165) is 5.56 Å². The number of hydrogen-bond acceptors (Lipinski definition) is 4. The summed E-state index contributed by atoms with van der Waals surface area (Å²) < 4.78 is 6.65. The number of carbonyl (C=O) groups is 1. The van der Waals surface area contributed by atoms with Crippen molar-refractivity contribution in [1.29, 1.82) is 0 Å². The summed E-state index contributed by atoms with van der Waals surface area (Å²) in [4.78, 5) is 16.0. The first-order valence-corrected chi connectivity index (χ1v) is 6.79. The van der Waals surface area contributed by atoms with Gasteiger partial charge in [-0.1, -0.05) is 29.8 Å². The summed E-state index contributed by atoms with van der Waals surface area (Å²) >= 11 is 6.13. The molecular formula is C14H18Cl2N4O2. The maximum Gasteiger partial charge on any atom is 0.245 e. The lowest BCUT2D eigenvalue weighted by Crippen LogP contribution is -2.39. The molecule has 8 heteroatoms. The molecule has 0 bridgehead atoms. The second-order valence-electron chi connectivity index (χ2n) is 4.52. The average Bonchev–Trinajstić information content (AvgIpc) is 2.89. The number of nitrogens with two attached hydrogens (primary N) is 1. The van der Waals surface area contributed by atoms with Crippen molar-refractivity contribution in [3.8, 4) is 0 Å². The zero-order valence-corrected chi connectivity index (χ0v) is 13.6. The number of aromatic nitrogens is 2. The Labute approximate surface area is 140 Å². The van der Waals surface area contributed by atoms with Crippen molar-refractivity contribution in [2.75, 3.05) is 19.0 Å². The minimum absolute atomic E-state index is 0. The Kier molecular flexibility index (Phi) is 7.34. The van der Waals surface area contributed by atoms with Crippen LogP contribution >= 0.6 is 24.0 Å². The number of methoxy groups -OCH3 is 1. The Balaban J connectivity index is 0.00000242. The Morgan fingerprint density at radius 1 is 1.50 bits per heavy atom. The quantitative estimate of drug-likeness (QED) is 0.838. The highest BCUT2D eigenvalue weighted by atomic mass is 35.5. The van der Waals surface area contributed by atoms with E-state index < -0.39 is 6.04 Å². The van der Waals surface area contributed by atoms with Gasteiger partial charge >= 0.3 is 0 Å². The van der Waals surface area contributed by atoms with Crippen LogP contribution in [0.3, 0.4) is 0 Å². The predicted octanol–water partition coefficient (Wildman–Crippen LogP) is 1.92. The molecule has 1 heterocycles. The molecular weight excluding hydrogens is 327 g/mol. The Morgan fingerprint density at radius 3 is 2.91 bits per heavy atom. The Bertz CT molecular complexity index is 618. The van der Waals surface area contributed by atoms with Crippen molar-refractivity contribution in [2.24, 2.45) is 5.73 Å². The fourth-order valence-electron chi connectivity index (χ4n) is 1.83. The lowest BCUT2D eigenvalue weighted by molar-refractivity contribution is -0.118. The number of imidazole rings is 1. The maximum absolute atomic E-state index is 11.9. The van der Waals surface area contributed by atoms with E-state index in [4.69, 9.17) is 22.1 Å². The second kappa shape index (κ2) is 8.75. The lowest BCUT2D eigenvalue weighted by atomic mass is 10.2. The van der Waals surface area contributed by atoms with Crippen LogP contribution < -0.4 is 11.1 Å². The minimum atomic E-state index is -0.736. The van der Waals surface area contributed by atoms with Gasteiger partial charge in [0, 0.05) is 24.5 Å². The zero-order chi connectivity index (χ0) is 15.2. The number of benzene rings is 1. The van der Waals surface area contributed by atoms with Crippen LogP contribution in [0.15, 0.2) is 36.7 Å². The van der Waals surface area contributed by atoms with E-state index in [1.807, 2.05) is 24.3 Å². The summed E-state index contributed by atoms with van der Waals surface area (Å²) in [7, 11) is 1.49. The number of nitrogens with zero attached hydrogens (tertiary/aromatic N) is 2. The summed E-state index contributed by atoms with van der Waals surface area (Å²) in [5, 5.41) is 3.35. The van der Waals surface area contributed by atoms with Gasteiger partial charge in [0.15, 0.2) is 0 Å². The van der Waals surface area contributed by atoms with Crippen LogP contribution in [0, 0.1) is 0 Å². The molecule has 0 fully saturated rings. The van der Waals surface area contributed by atoms with Gasteiger partial charge in [-0.15, -0.1) is 12.4 Å². The monoisotopic (exact) mass is 344 g/mol. The third kappa shape index (κ3) is 4.71. The van der Waals surface area contributed by atoms with Crippen molar-refractivity contribution in [1.82, 2.24) is 9.55 Å². The van der Waals surface area contributed by atoms with Crippen molar-refractivity contribution in [3.63, 3.8) is 0 Å². The largest absolute Gasteiger partial charge is 0.383 e. The average molecular weight is 345 g/mol. The molecule has 0 aliphatic rings. The van der Waals surface area contributed by atoms with E-state index in [-0.39, 0.29) is 24.9 Å². The van der Waals surface area contributed by atoms with Crippen LogP contribution in [0.1, 0.15) is 5.56 Å². The second-order valence-corrected chi connectivity index (χ2v) is 4.93. The van der Waals surface area contributed by atoms with Crippen LogP contribution in [0.5, 0.6) is 0 Å². The lowest BCUT2D eigenvalue weighted by Gasteiger charge is -2.13. The first-order chi connectivity index (χ1) is 10.1. The molecule has 6 nitrogen and oxygen atoms in total. The number of carbonyl (C=O) groups excluding carboxylic acids is 1. The highest BCUT2D eigenvalue weighted by molar-refractivity contribution is 6.31. The predicted molar refractivity (Wildman–Crippen MR) is 88.5 cm³/mol.